The normalized spacial score (nSPS) is 20.5. The van der Waals surface area contributed by atoms with Crippen molar-refractivity contribution in [3.63, 3.8) is 0 Å². The molecule has 2 aliphatic heterocycles. The number of carbonyl (C=O) groups excluding carboxylic acids is 1. The van der Waals surface area contributed by atoms with E-state index >= 15 is 0 Å². The van der Waals surface area contributed by atoms with E-state index in [1.807, 2.05) is 19.1 Å². The standard InChI is InChI=1S/C24H39N3O4/c1-3-25-12-14-27(15-13-25)18-22(28)19-31-23-7-5-6-20(16-23)17-26-10-8-21(9-11-26)24(29)30-4-2/h5-7,16,21-22,28H,3-4,8-15,17-19H2,1-2H3/t22-/m0/s1. The molecule has 1 N–H and O–H groups in total. The van der Waals surface area contributed by atoms with Crippen LogP contribution in [0.25, 0.3) is 0 Å². The van der Waals surface area contributed by atoms with Crippen molar-refractivity contribution < 1.29 is 19.4 Å². The van der Waals surface area contributed by atoms with Gasteiger partial charge in [0.15, 0.2) is 0 Å². The number of hydrogen-bond donors (Lipinski definition) is 1. The first-order valence-corrected chi connectivity index (χ1v) is 11.8. The number of rotatable bonds is 10. The zero-order valence-corrected chi connectivity index (χ0v) is 19.2. The average molecular weight is 434 g/mol. The van der Waals surface area contributed by atoms with Crippen molar-refractivity contribution in [2.45, 2.75) is 39.3 Å². The third-order valence-corrected chi connectivity index (χ3v) is 6.34. The molecule has 2 fully saturated rings. The maximum atomic E-state index is 11.9. The van der Waals surface area contributed by atoms with Crippen LogP contribution in [0.2, 0.25) is 0 Å². The van der Waals surface area contributed by atoms with E-state index in [9.17, 15) is 9.90 Å². The summed E-state index contributed by atoms with van der Waals surface area (Å²) in [4.78, 5) is 19.0. The first kappa shape index (κ1) is 24.0. The van der Waals surface area contributed by atoms with E-state index in [0.717, 1.165) is 70.9 Å². The molecular formula is C24H39N3O4. The zero-order chi connectivity index (χ0) is 22.1. The van der Waals surface area contributed by atoms with Crippen LogP contribution in [0.4, 0.5) is 0 Å². The number of hydrogen-bond acceptors (Lipinski definition) is 7. The molecule has 7 nitrogen and oxygen atoms in total. The number of likely N-dealkylation sites (tertiary alicyclic amines) is 1. The van der Waals surface area contributed by atoms with E-state index in [-0.39, 0.29) is 11.9 Å². The van der Waals surface area contributed by atoms with Crippen LogP contribution in [0.3, 0.4) is 0 Å². The Bertz CT molecular complexity index is 671. The molecule has 7 heteroatoms. The number of carbonyl (C=O) groups is 1. The number of β-amino-alcohol motifs (C(OH)–C–C–N with tert-alkyl or cyclic N) is 1. The molecule has 0 aliphatic carbocycles. The third kappa shape index (κ3) is 7.75. The fraction of sp³-hybridized carbons (Fsp3) is 0.708. The van der Waals surface area contributed by atoms with E-state index in [4.69, 9.17) is 9.47 Å². The number of aliphatic hydroxyl groups excluding tert-OH is 1. The lowest BCUT2D eigenvalue weighted by Gasteiger charge is -2.34. The molecular weight excluding hydrogens is 394 g/mol. The van der Waals surface area contributed by atoms with Crippen LogP contribution in [0.1, 0.15) is 32.3 Å². The predicted octanol–water partition coefficient (Wildman–Crippen LogP) is 1.84. The second-order valence-electron chi connectivity index (χ2n) is 8.65. The molecule has 174 valence electrons. The maximum absolute atomic E-state index is 11.9. The van der Waals surface area contributed by atoms with Crippen molar-refractivity contribution in [3.05, 3.63) is 29.8 Å². The van der Waals surface area contributed by atoms with E-state index in [2.05, 4.69) is 33.8 Å². The highest BCUT2D eigenvalue weighted by Crippen LogP contribution is 2.22. The lowest BCUT2D eigenvalue weighted by atomic mass is 9.96. The minimum atomic E-state index is -0.487. The van der Waals surface area contributed by atoms with Gasteiger partial charge in [-0.15, -0.1) is 0 Å². The van der Waals surface area contributed by atoms with Crippen LogP contribution in [0, 0.1) is 5.92 Å². The molecule has 0 spiro atoms. The molecule has 0 bridgehead atoms. The molecule has 3 rings (SSSR count). The predicted molar refractivity (Wildman–Crippen MR) is 121 cm³/mol. The minimum Gasteiger partial charge on any atom is -0.491 e. The summed E-state index contributed by atoms with van der Waals surface area (Å²) in [5.41, 5.74) is 1.19. The van der Waals surface area contributed by atoms with Crippen molar-refractivity contribution in [2.24, 2.45) is 5.92 Å². The topological polar surface area (TPSA) is 65.5 Å². The van der Waals surface area contributed by atoms with Crippen LogP contribution in [-0.4, -0.2) is 97.5 Å². The average Bonchev–Trinajstić information content (AvgIpc) is 2.79. The molecule has 1 aromatic carbocycles. The number of ether oxygens (including phenoxy) is 2. The second-order valence-corrected chi connectivity index (χ2v) is 8.65. The van der Waals surface area contributed by atoms with Gasteiger partial charge in [0, 0.05) is 39.3 Å². The first-order valence-electron chi connectivity index (χ1n) is 11.8. The van der Waals surface area contributed by atoms with Crippen LogP contribution in [-0.2, 0) is 16.1 Å². The molecule has 1 atom stereocenters. The van der Waals surface area contributed by atoms with Gasteiger partial charge < -0.3 is 19.5 Å². The van der Waals surface area contributed by atoms with Gasteiger partial charge in [-0.05, 0) is 57.1 Å². The Balaban J connectivity index is 1.39. The molecule has 0 radical (unpaired) electrons. The Kier molecular flexibility index (Phi) is 9.58. The summed E-state index contributed by atoms with van der Waals surface area (Å²) < 4.78 is 11.0. The first-order chi connectivity index (χ1) is 15.1. The fourth-order valence-corrected chi connectivity index (χ4v) is 4.41. The molecule has 2 saturated heterocycles. The fourth-order valence-electron chi connectivity index (χ4n) is 4.41. The van der Waals surface area contributed by atoms with Gasteiger partial charge in [-0.3, -0.25) is 14.6 Å². The van der Waals surface area contributed by atoms with Gasteiger partial charge in [-0.1, -0.05) is 19.1 Å². The van der Waals surface area contributed by atoms with Crippen LogP contribution in [0.15, 0.2) is 24.3 Å². The van der Waals surface area contributed by atoms with E-state index < -0.39 is 6.10 Å². The number of nitrogens with zero attached hydrogens (tertiary/aromatic N) is 3. The highest BCUT2D eigenvalue weighted by atomic mass is 16.5. The van der Waals surface area contributed by atoms with Crippen molar-refractivity contribution in [1.82, 2.24) is 14.7 Å². The van der Waals surface area contributed by atoms with Gasteiger partial charge in [0.2, 0.25) is 0 Å². The van der Waals surface area contributed by atoms with Crippen LogP contribution >= 0.6 is 0 Å². The summed E-state index contributed by atoms with van der Waals surface area (Å²) in [6.45, 7) is 13.4. The lowest BCUT2D eigenvalue weighted by Crippen LogP contribution is -2.49. The van der Waals surface area contributed by atoms with E-state index in [1.165, 1.54) is 5.56 Å². The number of likely N-dealkylation sites (N-methyl/N-ethyl adjacent to an activating group) is 1. The molecule has 0 saturated carbocycles. The monoisotopic (exact) mass is 433 g/mol. The molecule has 2 aliphatic rings. The second kappa shape index (κ2) is 12.4. The summed E-state index contributed by atoms with van der Waals surface area (Å²) in [6, 6.07) is 8.12. The summed E-state index contributed by atoms with van der Waals surface area (Å²) in [7, 11) is 0. The SMILES string of the molecule is CCOC(=O)C1CCN(Cc2cccc(OC[C@@H](O)CN3CCN(CC)CC3)c2)CC1. The lowest BCUT2D eigenvalue weighted by molar-refractivity contribution is -0.149. The van der Waals surface area contributed by atoms with Gasteiger partial charge >= 0.3 is 5.97 Å². The highest BCUT2D eigenvalue weighted by Gasteiger charge is 2.26. The Hall–Kier alpha value is -1.67. The number of esters is 1. The maximum Gasteiger partial charge on any atom is 0.309 e. The summed E-state index contributed by atoms with van der Waals surface area (Å²) in [5, 5.41) is 10.4. The number of aliphatic hydroxyl groups is 1. The van der Waals surface area contributed by atoms with Crippen LogP contribution < -0.4 is 4.74 Å². The third-order valence-electron chi connectivity index (χ3n) is 6.34. The van der Waals surface area contributed by atoms with E-state index in [1.54, 1.807) is 0 Å². The summed E-state index contributed by atoms with van der Waals surface area (Å²) >= 11 is 0. The van der Waals surface area contributed by atoms with Crippen molar-refractivity contribution in [1.29, 1.82) is 0 Å². The van der Waals surface area contributed by atoms with Gasteiger partial charge in [-0.2, -0.15) is 0 Å². The van der Waals surface area contributed by atoms with Gasteiger partial charge in [-0.25, -0.2) is 0 Å². The summed E-state index contributed by atoms with van der Waals surface area (Å²) in [6.07, 6.45) is 1.22. The van der Waals surface area contributed by atoms with Gasteiger partial charge in [0.1, 0.15) is 18.5 Å². The number of benzene rings is 1. The smallest absolute Gasteiger partial charge is 0.309 e. The molecule has 0 amide bonds. The molecule has 1 aromatic rings. The molecule has 31 heavy (non-hydrogen) atoms. The van der Waals surface area contributed by atoms with Gasteiger partial charge in [0.25, 0.3) is 0 Å². The number of piperazine rings is 1. The molecule has 0 unspecified atom stereocenters. The van der Waals surface area contributed by atoms with Crippen LogP contribution in [0.5, 0.6) is 5.75 Å². The quantitative estimate of drug-likeness (QED) is 0.565. The number of piperidine rings is 1. The van der Waals surface area contributed by atoms with Crippen molar-refractivity contribution >= 4 is 5.97 Å². The van der Waals surface area contributed by atoms with Gasteiger partial charge in [0.05, 0.1) is 12.5 Å². The molecule has 0 aromatic heterocycles. The zero-order valence-electron chi connectivity index (χ0n) is 19.2. The Morgan fingerprint density at radius 3 is 2.45 bits per heavy atom. The Morgan fingerprint density at radius 1 is 1.06 bits per heavy atom. The highest BCUT2D eigenvalue weighted by molar-refractivity contribution is 5.72. The Labute approximate surface area is 186 Å². The van der Waals surface area contributed by atoms with Crippen molar-refractivity contribution in [2.75, 3.05) is 65.6 Å². The largest absolute Gasteiger partial charge is 0.491 e. The Morgan fingerprint density at radius 2 is 1.77 bits per heavy atom. The minimum absolute atomic E-state index is 0.0392. The van der Waals surface area contributed by atoms with Crippen molar-refractivity contribution in [3.8, 4) is 5.75 Å². The summed E-state index contributed by atoms with van der Waals surface area (Å²) in [5.74, 6) is 0.786. The molecule has 2 heterocycles. The van der Waals surface area contributed by atoms with E-state index in [0.29, 0.717) is 19.8 Å².